The molecule has 1 nitrogen and oxygen atoms in total. The molecular weight excluding hydrogens is 225 g/mol. The molecule has 0 unspecified atom stereocenters. The number of hydrogen-bond donors (Lipinski definition) is 1. The molecule has 1 N–H and O–H groups in total. The summed E-state index contributed by atoms with van der Waals surface area (Å²) in [6.45, 7) is 0.612. The summed E-state index contributed by atoms with van der Waals surface area (Å²) in [6, 6.07) is 17.9. The van der Waals surface area contributed by atoms with E-state index in [1.165, 1.54) is 11.6 Å². The van der Waals surface area contributed by atoms with Gasteiger partial charge in [0.2, 0.25) is 0 Å². The Balaban J connectivity index is 1.56. The molecule has 1 saturated carbocycles. The first-order valence-corrected chi connectivity index (χ1v) is 6.36. The molecule has 18 heavy (non-hydrogen) atoms. The molecule has 1 aliphatic carbocycles. The normalized spacial score (nSPS) is 21.8. The lowest BCUT2D eigenvalue weighted by Gasteiger charge is -2.05. The number of benzene rings is 2. The smallest absolute Gasteiger partial charge is 0.127 e. The molecule has 0 amide bonds. The van der Waals surface area contributed by atoms with Gasteiger partial charge in [0.05, 0.1) is 0 Å². The van der Waals surface area contributed by atoms with Crippen molar-refractivity contribution in [2.45, 2.75) is 24.9 Å². The maximum absolute atomic E-state index is 13.4. The Morgan fingerprint density at radius 2 is 1.72 bits per heavy atom. The van der Waals surface area contributed by atoms with Crippen molar-refractivity contribution in [3.63, 3.8) is 0 Å². The van der Waals surface area contributed by atoms with Gasteiger partial charge in [0.25, 0.3) is 0 Å². The molecule has 0 aliphatic heterocycles. The van der Waals surface area contributed by atoms with Crippen LogP contribution in [-0.2, 0) is 6.54 Å². The molecule has 3 rings (SSSR count). The Labute approximate surface area is 107 Å². The van der Waals surface area contributed by atoms with Crippen LogP contribution in [0.3, 0.4) is 0 Å². The number of halogens is 1. The van der Waals surface area contributed by atoms with E-state index in [1.807, 2.05) is 18.2 Å². The number of rotatable bonds is 4. The fraction of sp³-hybridized carbons (Fsp3) is 0.250. The monoisotopic (exact) mass is 241 g/mol. The second kappa shape index (κ2) is 4.91. The van der Waals surface area contributed by atoms with E-state index >= 15 is 0 Å². The maximum Gasteiger partial charge on any atom is 0.127 e. The summed E-state index contributed by atoms with van der Waals surface area (Å²) in [5.41, 5.74) is 2.12. The van der Waals surface area contributed by atoms with Gasteiger partial charge < -0.3 is 5.32 Å². The van der Waals surface area contributed by atoms with Crippen LogP contribution in [0.25, 0.3) is 0 Å². The molecule has 0 radical (unpaired) electrons. The minimum absolute atomic E-state index is 0.123. The number of hydrogen-bond acceptors (Lipinski definition) is 1. The average Bonchev–Trinajstić information content (AvgIpc) is 3.18. The molecule has 2 atom stereocenters. The lowest BCUT2D eigenvalue weighted by molar-refractivity contribution is 0.584. The zero-order valence-electron chi connectivity index (χ0n) is 10.1. The fourth-order valence-electron chi connectivity index (χ4n) is 2.37. The summed E-state index contributed by atoms with van der Waals surface area (Å²) >= 11 is 0. The summed E-state index contributed by atoms with van der Waals surface area (Å²) < 4.78 is 13.4. The van der Waals surface area contributed by atoms with E-state index in [9.17, 15) is 4.39 Å². The molecule has 0 bridgehead atoms. The summed E-state index contributed by atoms with van der Waals surface area (Å²) in [4.78, 5) is 0. The van der Waals surface area contributed by atoms with Gasteiger partial charge in [-0.2, -0.15) is 0 Å². The molecule has 0 saturated heterocycles. The van der Waals surface area contributed by atoms with E-state index in [2.05, 4.69) is 29.6 Å². The van der Waals surface area contributed by atoms with Crippen molar-refractivity contribution in [1.29, 1.82) is 0 Å². The molecule has 0 spiro atoms. The van der Waals surface area contributed by atoms with Crippen LogP contribution >= 0.6 is 0 Å². The van der Waals surface area contributed by atoms with E-state index < -0.39 is 0 Å². The van der Waals surface area contributed by atoms with Crippen LogP contribution in [0.4, 0.5) is 4.39 Å². The topological polar surface area (TPSA) is 12.0 Å². The molecule has 2 aromatic rings. The molecule has 1 aliphatic rings. The molecule has 2 heteroatoms. The first-order chi connectivity index (χ1) is 8.84. The first-order valence-electron chi connectivity index (χ1n) is 6.36. The molecule has 0 aromatic heterocycles. The van der Waals surface area contributed by atoms with Crippen molar-refractivity contribution >= 4 is 0 Å². The third-order valence-electron chi connectivity index (χ3n) is 3.53. The van der Waals surface area contributed by atoms with Crippen molar-refractivity contribution in [2.24, 2.45) is 0 Å². The van der Waals surface area contributed by atoms with Crippen LogP contribution in [0.5, 0.6) is 0 Å². The van der Waals surface area contributed by atoms with Gasteiger partial charge in [-0.15, -0.1) is 0 Å². The van der Waals surface area contributed by atoms with Crippen molar-refractivity contribution in [1.82, 2.24) is 5.32 Å². The van der Waals surface area contributed by atoms with Gasteiger partial charge in [-0.1, -0.05) is 48.5 Å². The van der Waals surface area contributed by atoms with Crippen LogP contribution in [0, 0.1) is 5.82 Å². The largest absolute Gasteiger partial charge is 0.309 e. The van der Waals surface area contributed by atoms with Crippen LogP contribution in [0.15, 0.2) is 54.6 Å². The lowest BCUT2D eigenvalue weighted by Crippen LogP contribution is -2.18. The van der Waals surface area contributed by atoms with Gasteiger partial charge in [0, 0.05) is 24.1 Å². The van der Waals surface area contributed by atoms with Gasteiger partial charge in [-0.25, -0.2) is 4.39 Å². The standard InChI is InChI=1S/C16H16FN/c17-15-9-5-4-8-13(15)11-18-16-10-14(16)12-6-2-1-3-7-12/h1-9,14,16,18H,10-11H2/t14-,16+/m0/s1. The highest BCUT2D eigenvalue weighted by atomic mass is 19.1. The van der Waals surface area contributed by atoms with Crippen molar-refractivity contribution < 1.29 is 4.39 Å². The highest BCUT2D eigenvalue weighted by molar-refractivity contribution is 5.28. The molecule has 2 aromatic carbocycles. The van der Waals surface area contributed by atoms with Crippen LogP contribution in [0.1, 0.15) is 23.5 Å². The van der Waals surface area contributed by atoms with Crippen molar-refractivity contribution in [2.75, 3.05) is 0 Å². The van der Waals surface area contributed by atoms with Crippen molar-refractivity contribution in [3.8, 4) is 0 Å². The minimum Gasteiger partial charge on any atom is -0.309 e. The van der Waals surface area contributed by atoms with E-state index in [1.54, 1.807) is 6.07 Å². The molecule has 0 heterocycles. The van der Waals surface area contributed by atoms with Gasteiger partial charge in [0.1, 0.15) is 5.82 Å². The Hall–Kier alpha value is -1.67. The van der Waals surface area contributed by atoms with Gasteiger partial charge in [-0.3, -0.25) is 0 Å². The third kappa shape index (κ3) is 2.44. The highest BCUT2D eigenvalue weighted by Crippen LogP contribution is 2.40. The second-order valence-corrected chi connectivity index (χ2v) is 4.83. The zero-order valence-corrected chi connectivity index (χ0v) is 10.1. The summed E-state index contributed by atoms with van der Waals surface area (Å²) in [6.07, 6.45) is 1.15. The van der Waals surface area contributed by atoms with E-state index in [0.717, 1.165) is 12.0 Å². The predicted molar refractivity (Wildman–Crippen MR) is 70.8 cm³/mol. The predicted octanol–water partition coefficient (Wildman–Crippen LogP) is 3.47. The molecule has 92 valence electrons. The first kappa shape index (κ1) is 11.4. The quantitative estimate of drug-likeness (QED) is 0.864. The van der Waals surface area contributed by atoms with E-state index in [-0.39, 0.29) is 5.82 Å². The van der Waals surface area contributed by atoms with Crippen LogP contribution in [0.2, 0.25) is 0 Å². The lowest BCUT2D eigenvalue weighted by atomic mass is 10.1. The highest BCUT2D eigenvalue weighted by Gasteiger charge is 2.37. The number of nitrogens with one attached hydrogen (secondary N) is 1. The summed E-state index contributed by atoms with van der Waals surface area (Å²) in [5.74, 6) is 0.472. The summed E-state index contributed by atoms with van der Waals surface area (Å²) in [7, 11) is 0. The fourth-order valence-corrected chi connectivity index (χ4v) is 2.37. The van der Waals surface area contributed by atoms with Gasteiger partial charge in [-0.05, 0) is 18.1 Å². The van der Waals surface area contributed by atoms with Crippen molar-refractivity contribution in [3.05, 3.63) is 71.5 Å². The van der Waals surface area contributed by atoms with Crippen LogP contribution < -0.4 is 5.32 Å². The molecule has 1 fully saturated rings. The Kier molecular flexibility index (Phi) is 3.11. The Morgan fingerprint density at radius 1 is 1.00 bits per heavy atom. The van der Waals surface area contributed by atoms with Crippen LogP contribution in [-0.4, -0.2) is 6.04 Å². The van der Waals surface area contributed by atoms with E-state index in [0.29, 0.717) is 18.5 Å². The molecular formula is C16H16FN. The van der Waals surface area contributed by atoms with Gasteiger partial charge in [0.15, 0.2) is 0 Å². The summed E-state index contributed by atoms with van der Waals surface area (Å²) in [5, 5.41) is 3.42. The SMILES string of the molecule is Fc1ccccc1CN[C@@H]1C[C@H]1c1ccccc1. The minimum atomic E-state index is -0.123. The Bertz CT molecular complexity index is 524. The second-order valence-electron chi connectivity index (χ2n) is 4.83. The average molecular weight is 241 g/mol. The van der Waals surface area contributed by atoms with Gasteiger partial charge >= 0.3 is 0 Å². The third-order valence-corrected chi connectivity index (χ3v) is 3.53. The zero-order chi connectivity index (χ0) is 12.4. The van der Waals surface area contributed by atoms with E-state index in [4.69, 9.17) is 0 Å². The Morgan fingerprint density at radius 3 is 2.50 bits per heavy atom. The maximum atomic E-state index is 13.4.